The van der Waals surface area contributed by atoms with Crippen molar-refractivity contribution in [2.75, 3.05) is 31.1 Å². The number of hydrogen-bond acceptors (Lipinski definition) is 4. The van der Waals surface area contributed by atoms with Gasteiger partial charge >= 0.3 is 0 Å². The van der Waals surface area contributed by atoms with E-state index in [1.54, 1.807) is 12.3 Å². The number of hydrogen-bond donors (Lipinski definition) is 0. The molecule has 6 heteroatoms. The van der Waals surface area contributed by atoms with Gasteiger partial charge in [0.15, 0.2) is 0 Å². The highest BCUT2D eigenvalue weighted by Gasteiger charge is 2.37. The molecule has 1 aliphatic rings. The van der Waals surface area contributed by atoms with E-state index in [9.17, 15) is 4.79 Å². The Morgan fingerprint density at radius 1 is 1.50 bits per heavy atom. The first-order valence-corrected chi connectivity index (χ1v) is 8.14. The lowest BCUT2D eigenvalue weighted by Crippen LogP contribution is -2.57. The SMILES string of the molecule is [C-]#[N+]CCC(C)(C)C(=O)N1CCN(c2ccc(C#N)cn2)CC1C. The zero-order chi connectivity index (χ0) is 17.7. The lowest BCUT2D eigenvalue weighted by atomic mass is 9.87. The second kappa shape index (κ2) is 7.31. The molecule has 0 spiro atoms. The molecule has 1 aromatic heterocycles. The van der Waals surface area contributed by atoms with Gasteiger partial charge in [-0.1, -0.05) is 13.8 Å². The minimum Gasteiger partial charge on any atom is -0.353 e. The van der Waals surface area contributed by atoms with Crippen molar-refractivity contribution in [2.24, 2.45) is 5.41 Å². The molecule has 1 aromatic rings. The normalized spacial score (nSPS) is 18.0. The summed E-state index contributed by atoms with van der Waals surface area (Å²) in [6.07, 6.45) is 2.16. The van der Waals surface area contributed by atoms with Gasteiger partial charge in [0.05, 0.1) is 11.0 Å². The van der Waals surface area contributed by atoms with Crippen LogP contribution in [-0.4, -0.2) is 48.0 Å². The highest BCUT2D eigenvalue weighted by Crippen LogP contribution is 2.27. The number of carbonyl (C=O) groups excluding carboxylic acids is 1. The number of rotatable bonds is 4. The van der Waals surface area contributed by atoms with Gasteiger partial charge in [-0.2, -0.15) is 5.26 Å². The van der Waals surface area contributed by atoms with Crippen LogP contribution in [0.15, 0.2) is 18.3 Å². The Hall–Kier alpha value is -2.60. The van der Waals surface area contributed by atoms with Gasteiger partial charge in [-0.3, -0.25) is 4.79 Å². The van der Waals surface area contributed by atoms with Crippen molar-refractivity contribution in [1.82, 2.24) is 9.88 Å². The van der Waals surface area contributed by atoms with Crippen LogP contribution < -0.4 is 4.90 Å². The first kappa shape index (κ1) is 17.7. The number of anilines is 1. The van der Waals surface area contributed by atoms with E-state index in [-0.39, 0.29) is 11.9 Å². The number of nitrogens with zero attached hydrogens (tertiary/aromatic N) is 5. The third-order valence-corrected chi connectivity index (χ3v) is 4.52. The van der Waals surface area contributed by atoms with E-state index in [1.165, 1.54) is 0 Å². The lowest BCUT2D eigenvalue weighted by molar-refractivity contribution is -0.143. The van der Waals surface area contributed by atoms with Crippen LogP contribution in [0, 0.1) is 23.3 Å². The predicted octanol–water partition coefficient (Wildman–Crippen LogP) is 2.33. The Bertz CT molecular complexity index is 668. The smallest absolute Gasteiger partial charge is 0.228 e. The molecule has 1 saturated heterocycles. The van der Waals surface area contributed by atoms with Crippen molar-refractivity contribution in [1.29, 1.82) is 5.26 Å². The quantitative estimate of drug-likeness (QED) is 0.797. The Kier molecular flexibility index (Phi) is 5.41. The fraction of sp³-hybridized carbons (Fsp3) is 0.556. The molecule has 1 atom stereocenters. The molecule has 2 heterocycles. The molecular weight excluding hydrogens is 302 g/mol. The molecule has 0 N–H and O–H groups in total. The number of nitriles is 1. The predicted molar refractivity (Wildman–Crippen MR) is 92.2 cm³/mol. The van der Waals surface area contributed by atoms with Gasteiger partial charge < -0.3 is 14.6 Å². The zero-order valence-electron chi connectivity index (χ0n) is 14.5. The number of pyridine rings is 1. The standard InChI is InChI=1S/C18H23N5O/c1-14-13-22(16-6-5-15(11-19)12-21-16)9-10-23(14)17(24)18(2,3)7-8-20-4/h5-6,12,14H,7-10,13H2,1-3H3. The largest absolute Gasteiger partial charge is 0.353 e. The average Bonchev–Trinajstić information content (AvgIpc) is 2.59. The number of carbonyl (C=O) groups is 1. The first-order chi connectivity index (χ1) is 11.4. The molecule has 6 nitrogen and oxygen atoms in total. The van der Waals surface area contributed by atoms with Gasteiger partial charge in [0.25, 0.3) is 0 Å². The summed E-state index contributed by atoms with van der Waals surface area (Å²) in [6.45, 7) is 15.2. The van der Waals surface area contributed by atoms with E-state index in [2.05, 4.69) is 20.8 Å². The average molecular weight is 325 g/mol. The maximum Gasteiger partial charge on any atom is 0.228 e. The van der Waals surface area contributed by atoms with Crippen LogP contribution in [0.25, 0.3) is 4.85 Å². The first-order valence-electron chi connectivity index (χ1n) is 8.14. The lowest BCUT2D eigenvalue weighted by Gasteiger charge is -2.43. The Balaban J connectivity index is 2.03. The van der Waals surface area contributed by atoms with Gasteiger partial charge in [0.2, 0.25) is 12.5 Å². The van der Waals surface area contributed by atoms with Gasteiger partial charge in [-0.25, -0.2) is 11.6 Å². The Labute approximate surface area is 143 Å². The van der Waals surface area contributed by atoms with Gasteiger partial charge in [-0.15, -0.1) is 0 Å². The van der Waals surface area contributed by atoms with Crippen LogP contribution in [0.3, 0.4) is 0 Å². The summed E-state index contributed by atoms with van der Waals surface area (Å²) in [4.78, 5) is 24.6. The van der Waals surface area contributed by atoms with Crippen LogP contribution in [0.5, 0.6) is 0 Å². The minimum atomic E-state index is -0.506. The molecular formula is C18H23N5O. The van der Waals surface area contributed by atoms with Crippen molar-refractivity contribution in [3.05, 3.63) is 35.3 Å². The van der Waals surface area contributed by atoms with E-state index in [0.29, 0.717) is 38.2 Å². The summed E-state index contributed by atoms with van der Waals surface area (Å²) in [7, 11) is 0. The second-order valence-electron chi connectivity index (χ2n) is 6.83. The van der Waals surface area contributed by atoms with Crippen LogP contribution in [0.4, 0.5) is 5.82 Å². The molecule has 0 aliphatic carbocycles. The van der Waals surface area contributed by atoms with E-state index in [0.717, 1.165) is 5.82 Å². The van der Waals surface area contributed by atoms with Crippen LogP contribution in [-0.2, 0) is 4.79 Å². The zero-order valence-corrected chi connectivity index (χ0v) is 14.5. The topological polar surface area (TPSA) is 64.6 Å². The van der Waals surface area contributed by atoms with Crippen molar-refractivity contribution >= 4 is 11.7 Å². The van der Waals surface area contributed by atoms with Crippen molar-refractivity contribution in [3.63, 3.8) is 0 Å². The highest BCUT2D eigenvalue weighted by atomic mass is 16.2. The summed E-state index contributed by atoms with van der Waals surface area (Å²) in [5.74, 6) is 0.950. The van der Waals surface area contributed by atoms with Crippen LogP contribution in [0.2, 0.25) is 0 Å². The van der Waals surface area contributed by atoms with E-state index >= 15 is 0 Å². The van der Waals surface area contributed by atoms with Crippen LogP contribution >= 0.6 is 0 Å². The molecule has 0 radical (unpaired) electrons. The third kappa shape index (κ3) is 3.83. The molecule has 126 valence electrons. The molecule has 1 unspecified atom stereocenters. The fourth-order valence-corrected chi connectivity index (χ4v) is 2.94. The van der Waals surface area contributed by atoms with Crippen molar-refractivity contribution in [3.8, 4) is 6.07 Å². The van der Waals surface area contributed by atoms with Crippen LogP contribution in [0.1, 0.15) is 32.8 Å². The summed E-state index contributed by atoms with van der Waals surface area (Å²) >= 11 is 0. The van der Waals surface area contributed by atoms with Crippen molar-refractivity contribution < 1.29 is 4.79 Å². The summed E-state index contributed by atoms with van der Waals surface area (Å²) < 4.78 is 0. The molecule has 0 bridgehead atoms. The van der Waals surface area contributed by atoms with E-state index in [1.807, 2.05) is 31.7 Å². The Morgan fingerprint density at radius 3 is 2.79 bits per heavy atom. The Morgan fingerprint density at radius 2 is 2.25 bits per heavy atom. The van der Waals surface area contributed by atoms with Gasteiger partial charge in [-0.05, 0) is 19.1 Å². The number of aromatic nitrogens is 1. The van der Waals surface area contributed by atoms with E-state index < -0.39 is 5.41 Å². The molecule has 0 aromatic carbocycles. The summed E-state index contributed by atoms with van der Waals surface area (Å²) in [6, 6.07) is 5.76. The molecule has 1 aliphatic heterocycles. The molecule has 0 saturated carbocycles. The minimum absolute atomic E-state index is 0.0795. The summed E-state index contributed by atoms with van der Waals surface area (Å²) in [5.41, 5.74) is 0.0374. The van der Waals surface area contributed by atoms with Gasteiger partial charge in [0, 0.05) is 38.3 Å². The fourth-order valence-electron chi connectivity index (χ4n) is 2.94. The number of amides is 1. The van der Waals surface area contributed by atoms with E-state index in [4.69, 9.17) is 11.8 Å². The highest BCUT2D eigenvalue weighted by molar-refractivity contribution is 5.82. The third-order valence-electron chi connectivity index (χ3n) is 4.52. The summed E-state index contributed by atoms with van der Waals surface area (Å²) in [5, 5.41) is 8.85. The van der Waals surface area contributed by atoms with Gasteiger partial charge in [0.1, 0.15) is 11.9 Å². The maximum atomic E-state index is 12.8. The maximum absolute atomic E-state index is 12.8. The molecule has 1 fully saturated rings. The number of piperazine rings is 1. The monoisotopic (exact) mass is 325 g/mol. The molecule has 24 heavy (non-hydrogen) atoms. The second-order valence-corrected chi connectivity index (χ2v) is 6.83. The molecule has 1 amide bonds. The van der Waals surface area contributed by atoms with Crippen molar-refractivity contribution in [2.45, 2.75) is 33.2 Å². The molecule has 2 rings (SSSR count).